The van der Waals surface area contributed by atoms with Crippen molar-refractivity contribution in [1.29, 1.82) is 0 Å². The maximum Gasteiger partial charge on any atom is 0.341 e. The van der Waals surface area contributed by atoms with Crippen LogP contribution >= 0.6 is 34.9 Å². The Bertz CT molecular complexity index is 1570. The Morgan fingerprint density at radius 2 is 1.57 bits per heavy atom. The van der Waals surface area contributed by atoms with Gasteiger partial charge in [-0.3, -0.25) is 9.36 Å². The van der Waals surface area contributed by atoms with E-state index in [1.165, 1.54) is 23.1 Å². The van der Waals surface area contributed by atoms with Gasteiger partial charge in [0.25, 0.3) is 0 Å². The third-order valence-corrected chi connectivity index (χ3v) is 8.60. The molecule has 2 heterocycles. The molecule has 0 saturated heterocycles. The minimum absolute atomic E-state index is 0.0949. The molecule has 0 saturated carbocycles. The molecule has 5 aromatic rings. The lowest BCUT2D eigenvalue weighted by molar-refractivity contribution is -0.113. The molecule has 0 radical (unpaired) electrons. The molecule has 1 N–H and O–H groups in total. The monoisotopic (exact) mass is 586 g/mol. The zero-order chi connectivity index (χ0) is 27.7. The van der Waals surface area contributed by atoms with E-state index in [0.29, 0.717) is 21.5 Å². The fourth-order valence-electron chi connectivity index (χ4n) is 3.97. The Balaban J connectivity index is 1.33. The topological polar surface area (TPSA) is 86.1 Å². The van der Waals surface area contributed by atoms with Gasteiger partial charge in [0.05, 0.1) is 18.1 Å². The van der Waals surface area contributed by atoms with Crippen LogP contribution in [0.4, 0.5) is 5.00 Å². The number of hydrogen-bond donors (Lipinski definition) is 1. The summed E-state index contributed by atoms with van der Waals surface area (Å²) in [6.07, 6.45) is 0. The van der Waals surface area contributed by atoms with Crippen molar-refractivity contribution >= 4 is 51.7 Å². The first-order valence-corrected chi connectivity index (χ1v) is 15.4. The standard InChI is InChI=1S/C30H26N4O3S3/c1-2-37-29(36)27-24(21-12-6-3-7-13-21)18-39-28(27)31-26(35)20-40-30-33-32-25(19-38-23-16-10-5-11-17-23)34(30)22-14-8-4-9-15-22/h3-18H,2,19-20H2,1H3,(H,31,35). The number of para-hydroxylation sites is 1. The molecule has 5 rings (SSSR count). The van der Waals surface area contributed by atoms with Gasteiger partial charge in [0, 0.05) is 21.5 Å². The Labute approximate surface area is 245 Å². The van der Waals surface area contributed by atoms with Crippen molar-refractivity contribution in [2.45, 2.75) is 22.7 Å². The molecule has 0 aliphatic rings. The predicted molar refractivity (Wildman–Crippen MR) is 162 cm³/mol. The Morgan fingerprint density at radius 3 is 2.27 bits per heavy atom. The van der Waals surface area contributed by atoms with Crippen LogP contribution in [0.25, 0.3) is 16.8 Å². The number of nitrogens with one attached hydrogen (secondary N) is 1. The van der Waals surface area contributed by atoms with Crippen LogP contribution in [0.3, 0.4) is 0 Å². The van der Waals surface area contributed by atoms with Gasteiger partial charge in [-0.1, -0.05) is 78.5 Å². The number of thioether (sulfide) groups is 2. The van der Waals surface area contributed by atoms with Crippen LogP contribution in [-0.4, -0.2) is 39.0 Å². The fourth-order valence-corrected chi connectivity index (χ4v) is 6.54. The molecule has 0 unspecified atom stereocenters. The number of hydrogen-bond acceptors (Lipinski definition) is 8. The van der Waals surface area contributed by atoms with Gasteiger partial charge < -0.3 is 10.1 Å². The van der Waals surface area contributed by atoms with Crippen molar-refractivity contribution in [3.63, 3.8) is 0 Å². The van der Waals surface area contributed by atoms with Crippen molar-refractivity contribution in [3.8, 4) is 16.8 Å². The van der Waals surface area contributed by atoms with Gasteiger partial charge in [-0.25, -0.2) is 4.79 Å². The molecule has 0 fully saturated rings. The molecule has 0 bridgehead atoms. The fraction of sp³-hybridized carbons (Fsp3) is 0.133. The lowest BCUT2D eigenvalue weighted by Crippen LogP contribution is -2.17. The molecule has 0 aliphatic carbocycles. The van der Waals surface area contributed by atoms with Crippen molar-refractivity contribution in [1.82, 2.24) is 14.8 Å². The number of amides is 1. The van der Waals surface area contributed by atoms with Gasteiger partial charge in [-0.15, -0.1) is 33.3 Å². The second-order valence-corrected chi connectivity index (χ2v) is 11.3. The van der Waals surface area contributed by atoms with Crippen LogP contribution in [0, 0.1) is 0 Å². The summed E-state index contributed by atoms with van der Waals surface area (Å²) in [7, 11) is 0. The maximum absolute atomic E-state index is 13.1. The molecule has 2 aromatic heterocycles. The van der Waals surface area contributed by atoms with Crippen LogP contribution in [0.1, 0.15) is 23.1 Å². The number of carbonyl (C=O) groups excluding carboxylic acids is 2. The number of aromatic nitrogens is 3. The number of benzene rings is 3. The average molecular weight is 587 g/mol. The number of esters is 1. The van der Waals surface area contributed by atoms with Gasteiger partial charge in [-0.05, 0) is 36.8 Å². The smallest absolute Gasteiger partial charge is 0.341 e. The maximum atomic E-state index is 13.1. The van der Waals surface area contributed by atoms with E-state index in [0.717, 1.165) is 27.5 Å². The lowest BCUT2D eigenvalue weighted by atomic mass is 10.0. The summed E-state index contributed by atoms with van der Waals surface area (Å²) in [4.78, 5) is 27.1. The van der Waals surface area contributed by atoms with Crippen LogP contribution in [0.15, 0.2) is 106 Å². The summed E-state index contributed by atoms with van der Waals surface area (Å²) < 4.78 is 7.29. The lowest BCUT2D eigenvalue weighted by Gasteiger charge is -2.11. The van der Waals surface area contributed by atoms with Crippen LogP contribution in [0.2, 0.25) is 0 Å². The highest BCUT2D eigenvalue weighted by Gasteiger charge is 2.23. The Kier molecular flexibility index (Phi) is 9.33. The SMILES string of the molecule is CCOC(=O)c1c(-c2ccccc2)csc1NC(=O)CSc1nnc(CSc2ccccc2)n1-c1ccccc1. The first-order valence-electron chi connectivity index (χ1n) is 12.6. The average Bonchev–Trinajstić information content (AvgIpc) is 3.60. The van der Waals surface area contributed by atoms with Crippen molar-refractivity contribution in [2.24, 2.45) is 0 Å². The van der Waals surface area contributed by atoms with Gasteiger partial charge in [0.1, 0.15) is 16.4 Å². The molecule has 1 amide bonds. The zero-order valence-corrected chi connectivity index (χ0v) is 24.1. The summed E-state index contributed by atoms with van der Waals surface area (Å²) in [5, 5.41) is 14.7. The number of rotatable bonds is 11. The molecule has 3 aromatic carbocycles. The number of carbonyl (C=O) groups is 2. The van der Waals surface area contributed by atoms with E-state index in [4.69, 9.17) is 4.74 Å². The van der Waals surface area contributed by atoms with Crippen molar-refractivity contribution < 1.29 is 14.3 Å². The summed E-state index contributed by atoms with van der Waals surface area (Å²) in [5.74, 6) is 0.796. The van der Waals surface area contributed by atoms with E-state index in [-0.39, 0.29) is 18.3 Å². The third-order valence-electron chi connectivity index (χ3n) is 5.77. The van der Waals surface area contributed by atoms with E-state index in [1.54, 1.807) is 18.7 Å². The number of thiophene rings is 1. The summed E-state index contributed by atoms with van der Waals surface area (Å²) in [6.45, 7) is 2.00. The highest BCUT2D eigenvalue weighted by molar-refractivity contribution is 7.99. The van der Waals surface area contributed by atoms with Gasteiger partial charge in [0.2, 0.25) is 5.91 Å². The molecule has 0 atom stereocenters. The first kappa shape index (κ1) is 27.7. The van der Waals surface area contributed by atoms with Gasteiger partial charge in [-0.2, -0.15) is 0 Å². The van der Waals surface area contributed by atoms with Crippen LogP contribution < -0.4 is 5.32 Å². The van der Waals surface area contributed by atoms with E-state index >= 15 is 0 Å². The normalized spacial score (nSPS) is 10.8. The van der Waals surface area contributed by atoms with Crippen molar-refractivity contribution in [3.05, 3.63) is 108 Å². The van der Waals surface area contributed by atoms with Gasteiger partial charge >= 0.3 is 5.97 Å². The Morgan fingerprint density at radius 1 is 0.900 bits per heavy atom. The minimum Gasteiger partial charge on any atom is -0.462 e. The molecule has 202 valence electrons. The second-order valence-electron chi connectivity index (χ2n) is 8.45. The number of ether oxygens (including phenoxy) is 1. The zero-order valence-electron chi connectivity index (χ0n) is 21.7. The molecule has 10 heteroatoms. The summed E-state index contributed by atoms with van der Waals surface area (Å²) in [5.41, 5.74) is 2.91. The number of anilines is 1. The molecule has 7 nitrogen and oxygen atoms in total. The second kappa shape index (κ2) is 13.5. The summed E-state index contributed by atoms with van der Waals surface area (Å²) in [6, 6.07) is 29.6. The Hall–Kier alpha value is -3.86. The largest absolute Gasteiger partial charge is 0.462 e. The molecule has 0 aliphatic heterocycles. The predicted octanol–water partition coefficient (Wildman–Crippen LogP) is 7.20. The van der Waals surface area contributed by atoms with E-state index in [1.807, 2.05) is 88.8 Å². The third kappa shape index (κ3) is 6.64. The van der Waals surface area contributed by atoms with E-state index in [2.05, 4.69) is 27.6 Å². The van der Waals surface area contributed by atoms with Crippen molar-refractivity contribution in [2.75, 3.05) is 17.7 Å². The summed E-state index contributed by atoms with van der Waals surface area (Å²) >= 11 is 4.28. The van der Waals surface area contributed by atoms with Crippen LogP contribution in [-0.2, 0) is 15.3 Å². The number of nitrogens with zero attached hydrogens (tertiary/aromatic N) is 3. The van der Waals surface area contributed by atoms with Gasteiger partial charge in [0.15, 0.2) is 5.16 Å². The minimum atomic E-state index is -0.463. The highest BCUT2D eigenvalue weighted by atomic mass is 32.2. The van der Waals surface area contributed by atoms with Crippen LogP contribution in [0.5, 0.6) is 0 Å². The highest BCUT2D eigenvalue weighted by Crippen LogP contribution is 2.36. The quantitative estimate of drug-likeness (QED) is 0.129. The molecular weight excluding hydrogens is 561 g/mol. The molecular formula is C30H26N4O3S3. The first-order chi connectivity index (χ1) is 19.6. The van der Waals surface area contributed by atoms with E-state index in [9.17, 15) is 9.59 Å². The molecule has 40 heavy (non-hydrogen) atoms. The van der Waals surface area contributed by atoms with E-state index < -0.39 is 5.97 Å². The molecule has 0 spiro atoms.